The molecule has 3 aromatic rings. The van der Waals surface area contributed by atoms with Crippen molar-refractivity contribution < 1.29 is 13.9 Å². The maximum absolute atomic E-state index is 14.2. The molecule has 0 spiro atoms. The first-order valence-corrected chi connectivity index (χ1v) is 7.85. The minimum absolute atomic E-state index is 0.0535. The van der Waals surface area contributed by atoms with E-state index in [1.165, 1.54) is 12.1 Å². The molecule has 4 nitrogen and oxygen atoms in total. The second kappa shape index (κ2) is 7.23. The highest BCUT2D eigenvalue weighted by Gasteiger charge is 2.11. The Morgan fingerprint density at radius 1 is 1.04 bits per heavy atom. The van der Waals surface area contributed by atoms with Gasteiger partial charge in [0, 0.05) is 28.1 Å². The molecule has 120 valence electrons. The van der Waals surface area contributed by atoms with Gasteiger partial charge in [0.15, 0.2) is 11.6 Å². The van der Waals surface area contributed by atoms with Crippen LogP contribution in [0, 0.1) is 5.82 Å². The van der Waals surface area contributed by atoms with E-state index in [0.29, 0.717) is 11.4 Å². The molecule has 0 aliphatic heterocycles. The van der Waals surface area contributed by atoms with Gasteiger partial charge in [-0.25, -0.2) is 4.39 Å². The predicted octanol–water partition coefficient (Wildman–Crippen LogP) is 5.03. The van der Waals surface area contributed by atoms with Gasteiger partial charge < -0.3 is 10.1 Å². The van der Waals surface area contributed by atoms with E-state index in [-0.39, 0.29) is 11.3 Å². The molecule has 0 fully saturated rings. The van der Waals surface area contributed by atoms with Crippen molar-refractivity contribution >= 4 is 27.5 Å². The van der Waals surface area contributed by atoms with Crippen molar-refractivity contribution in [2.45, 2.75) is 0 Å². The van der Waals surface area contributed by atoms with Crippen molar-refractivity contribution in [3.05, 3.63) is 82.8 Å². The number of anilines is 1. The van der Waals surface area contributed by atoms with E-state index < -0.39 is 11.7 Å². The van der Waals surface area contributed by atoms with E-state index in [4.69, 9.17) is 4.74 Å². The Morgan fingerprint density at radius 2 is 1.75 bits per heavy atom. The van der Waals surface area contributed by atoms with Crippen LogP contribution in [0.25, 0.3) is 0 Å². The molecule has 6 heteroatoms. The summed E-state index contributed by atoms with van der Waals surface area (Å²) in [6.45, 7) is 0. The molecule has 2 aromatic carbocycles. The quantitative estimate of drug-likeness (QED) is 0.684. The molecular formula is C18H12BrFN2O2. The SMILES string of the molecule is O=C(Nc1ccncc1)c1ccc(Oc2ccc(Br)cc2)c(F)c1. The fourth-order valence-corrected chi connectivity index (χ4v) is 2.26. The number of halogens is 2. The highest BCUT2D eigenvalue weighted by Crippen LogP contribution is 2.26. The normalized spacial score (nSPS) is 10.2. The Morgan fingerprint density at radius 3 is 2.42 bits per heavy atom. The monoisotopic (exact) mass is 386 g/mol. The zero-order chi connectivity index (χ0) is 16.9. The fraction of sp³-hybridized carbons (Fsp3) is 0. The van der Waals surface area contributed by atoms with Gasteiger partial charge in [-0.3, -0.25) is 9.78 Å². The van der Waals surface area contributed by atoms with Crippen LogP contribution in [0.3, 0.4) is 0 Å². The molecule has 0 radical (unpaired) electrons. The number of hydrogen-bond donors (Lipinski definition) is 1. The van der Waals surface area contributed by atoms with Crippen molar-refractivity contribution in [2.24, 2.45) is 0 Å². The number of aromatic nitrogens is 1. The molecule has 1 N–H and O–H groups in total. The Bertz CT molecular complexity index is 855. The number of ether oxygens (including phenoxy) is 1. The van der Waals surface area contributed by atoms with Crippen LogP contribution in [0.15, 0.2) is 71.5 Å². The molecule has 0 bridgehead atoms. The van der Waals surface area contributed by atoms with Crippen LogP contribution in [0.2, 0.25) is 0 Å². The summed E-state index contributed by atoms with van der Waals surface area (Å²) < 4.78 is 20.6. The Hall–Kier alpha value is -2.73. The van der Waals surface area contributed by atoms with E-state index in [2.05, 4.69) is 26.2 Å². The molecule has 0 aliphatic carbocycles. The van der Waals surface area contributed by atoms with E-state index >= 15 is 0 Å². The summed E-state index contributed by atoms with van der Waals surface area (Å²) in [7, 11) is 0. The Balaban J connectivity index is 1.74. The van der Waals surface area contributed by atoms with E-state index in [1.54, 1.807) is 48.8 Å². The van der Waals surface area contributed by atoms with Crippen molar-refractivity contribution in [1.82, 2.24) is 4.98 Å². The van der Waals surface area contributed by atoms with Crippen molar-refractivity contribution in [1.29, 1.82) is 0 Å². The first kappa shape index (κ1) is 16.1. The topological polar surface area (TPSA) is 51.2 Å². The highest BCUT2D eigenvalue weighted by molar-refractivity contribution is 9.10. The van der Waals surface area contributed by atoms with Gasteiger partial charge in [-0.1, -0.05) is 15.9 Å². The maximum Gasteiger partial charge on any atom is 0.255 e. The number of nitrogens with zero attached hydrogens (tertiary/aromatic N) is 1. The summed E-state index contributed by atoms with van der Waals surface area (Å²) in [6, 6.07) is 14.4. The summed E-state index contributed by atoms with van der Waals surface area (Å²) in [5.41, 5.74) is 0.790. The molecular weight excluding hydrogens is 375 g/mol. The molecule has 1 heterocycles. The summed E-state index contributed by atoms with van der Waals surface area (Å²) in [6.07, 6.45) is 3.12. The van der Waals surface area contributed by atoms with Gasteiger partial charge in [0.1, 0.15) is 5.75 Å². The molecule has 3 rings (SSSR count). The summed E-state index contributed by atoms with van der Waals surface area (Å²) in [5.74, 6) is -0.459. The predicted molar refractivity (Wildman–Crippen MR) is 92.8 cm³/mol. The van der Waals surface area contributed by atoms with Crippen LogP contribution in [0.4, 0.5) is 10.1 Å². The number of hydrogen-bond acceptors (Lipinski definition) is 3. The molecule has 0 aliphatic rings. The lowest BCUT2D eigenvalue weighted by atomic mass is 10.2. The average Bonchev–Trinajstić information content (AvgIpc) is 2.59. The van der Waals surface area contributed by atoms with Gasteiger partial charge in [-0.2, -0.15) is 0 Å². The number of rotatable bonds is 4. The molecule has 0 saturated carbocycles. The lowest BCUT2D eigenvalue weighted by molar-refractivity contribution is 0.102. The summed E-state index contributed by atoms with van der Waals surface area (Å²) in [5, 5.41) is 2.67. The molecule has 0 atom stereocenters. The molecule has 0 unspecified atom stereocenters. The average molecular weight is 387 g/mol. The van der Waals surface area contributed by atoms with Gasteiger partial charge in [-0.15, -0.1) is 0 Å². The van der Waals surface area contributed by atoms with Crippen LogP contribution in [-0.4, -0.2) is 10.9 Å². The third-order valence-electron chi connectivity index (χ3n) is 3.17. The Kier molecular flexibility index (Phi) is 4.86. The minimum atomic E-state index is -0.611. The summed E-state index contributed by atoms with van der Waals surface area (Å²) in [4.78, 5) is 16.0. The molecule has 1 aromatic heterocycles. The van der Waals surface area contributed by atoms with Gasteiger partial charge in [-0.05, 0) is 54.6 Å². The van der Waals surface area contributed by atoms with E-state index in [0.717, 1.165) is 10.5 Å². The maximum atomic E-state index is 14.2. The number of pyridine rings is 1. The second-order valence-corrected chi connectivity index (χ2v) is 5.81. The standard InChI is InChI=1S/C18H12BrFN2O2/c19-13-2-4-15(5-3-13)24-17-6-1-12(11-16(17)20)18(23)22-14-7-9-21-10-8-14/h1-11H,(H,21,22,23). The van der Waals surface area contributed by atoms with Crippen LogP contribution in [-0.2, 0) is 0 Å². The number of amides is 1. The largest absolute Gasteiger partial charge is 0.454 e. The molecule has 1 amide bonds. The first-order valence-electron chi connectivity index (χ1n) is 7.06. The smallest absolute Gasteiger partial charge is 0.255 e. The third kappa shape index (κ3) is 3.97. The lowest BCUT2D eigenvalue weighted by Crippen LogP contribution is -2.12. The van der Waals surface area contributed by atoms with Crippen molar-refractivity contribution in [2.75, 3.05) is 5.32 Å². The number of carbonyl (C=O) groups excluding carboxylic acids is 1. The van der Waals surface area contributed by atoms with Crippen LogP contribution >= 0.6 is 15.9 Å². The number of nitrogens with one attached hydrogen (secondary N) is 1. The van der Waals surface area contributed by atoms with Crippen LogP contribution in [0.5, 0.6) is 11.5 Å². The highest BCUT2D eigenvalue weighted by atomic mass is 79.9. The zero-order valence-corrected chi connectivity index (χ0v) is 14.0. The first-order chi connectivity index (χ1) is 11.6. The summed E-state index contributed by atoms with van der Waals surface area (Å²) >= 11 is 3.32. The third-order valence-corrected chi connectivity index (χ3v) is 3.70. The van der Waals surface area contributed by atoms with Gasteiger partial charge in [0.05, 0.1) is 0 Å². The van der Waals surface area contributed by atoms with E-state index in [9.17, 15) is 9.18 Å². The zero-order valence-electron chi connectivity index (χ0n) is 12.4. The van der Waals surface area contributed by atoms with E-state index in [1.807, 2.05) is 0 Å². The Labute approximate surface area is 146 Å². The minimum Gasteiger partial charge on any atom is -0.454 e. The van der Waals surface area contributed by atoms with Crippen molar-refractivity contribution in [3.8, 4) is 11.5 Å². The fourth-order valence-electron chi connectivity index (χ4n) is 1.99. The lowest BCUT2D eigenvalue weighted by Gasteiger charge is -2.09. The van der Waals surface area contributed by atoms with Crippen LogP contribution < -0.4 is 10.1 Å². The molecule has 24 heavy (non-hydrogen) atoms. The second-order valence-electron chi connectivity index (χ2n) is 4.89. The van der Waals surface area contributed by atoms with Crippen LogP contribution in [0.1, 0.15) is 10.4 Å². The van der Waals surface area contributed by atoms with Gasteiger partial charge in [0.2, 0.25) is 0 Å². The van der Waals surface area contributed by atoms with Gasteiger partial charge >= 0.3 is 0 Å². The van der Waals surface area contributed by atoms with Crippen molar-refractivity contribution in [3.63, 3.8) is 0 Å². The molecule has 0 saturated heterocycles. The van der Waals surface area contributed by atoms with Gasteiger partial charge in [0.25, 0.3) is 5.91 Å². The number of carbonyl (C=O) groups is 1. The number of benzene rings is 2.